The molecule has 0 atom stereocenters. The van der Waals surface area contributed by atoms with Gasteiger partial charge in [0.05, 0.1) is 0 Å². The van der Waals surface area contributed by atoms with Gasteiger partial charge in [0.15, 0.2) is 0 Å². The second-order valence-corrected chi connectivity index (χ2v) is 8.66. The van der Waals surface area contributed by atoms with E-state index in [1.54, 1.807) is 0 Å². The van der Waals surface area contributed by atoms with Crippen molar-refractivity contribution >= 4 is 11.8 Å². The number of carbonyl (C=O) groups excluding carboxylic acids is 2. The van der Waals surface area contributed by atoms with E-state index >= 15 is 0 Å². The van der Waals surface area contributed by atoms with Crippen LogP contribution < -0.4 is 10.6 Å². The molecule has 0 saturated heterocycles. The average molecular weight is 332 g/mol. The Hall–Kier alpha value is -1.84. The summed E-state index contributed by atoms with van der Waals surface area (Å²) in [6.45, 7) is 19.4. The molecule has 2 N–H and O–H groups in total. The van der Waals surface area contributed by atoms with Crippen molar-refractivity contribution in [2.45, 2.75) is 80.3 Å². The number of benzene rings is 1. The molecule has 0 bridgehead atoms. The van der Waals surface area contributed by atoms with Crippen LogP contribution in [0.15, 0.2) is 0 Å². The molecule has 0 spiro atoms. The van der Waals surface area contributed by atoms with Crippen molar-refractivity contribution in [2.24, 2.45) is 0 Å². The van der Waals surface area contributed by atoms with Gasteiger partial charge < -0.3 is 10.6 Å². The number of carbonyl (C=O) groups is 2. The maximum atomic E-state index is 12.7. The molecule has 134 valence electrons. The second-order valence-electron chi connectivity index (χ2n) is 8.66. The summed E-state index contributed by atoms with van der Waals surface area (Å²) >= 11 is 0. The molecule has 0 saturated carbocycles. The quantitative estimate of drug-likeness (QED) is 0.861. The molecule has 0 radical (unpaired) electrons. The topological polar surface area (TPSA) is 58.2 Å². The van der Waals surface area contributed by atoms with E-state index in [1.807, 2.05) is 69.2 Å². The number of hydrogen-bond donors (Lipinski definition) is 2. The molecular weight excluding hydrogens is 300 g/mol. The van der Waals surface area contributed by atoms with Gasteiger partial charge in [0.25, 0.3) is 11.8 Å². The van der Waals surface area contributed by atoms with Crippen molar-refractivity contribution in [1.82, 2.24) is 10.6 Å². The van der Waals surface area contributed by atoms with E-state index in [0.29, 0.717) is 11.1 Å². The summed E-state index contributed by atoms with van der Waals surface area (Å²) in [5.74, 6) is -0.182. The van der Waals surface area contributed by atoms with Crippen molar-refractivity contribution in [3.05, 3.63) is 33.4 Å². The second kappa shape index (κ2) is 6.58. The lowest BCUT2D eigenvalue weighted by molar-refractivity contribution is 0.0903. The first-order valence-electron chi connectivity index (χ1n) is 8.41. The summed E-state index contributed by atoms with van der Waals surface area (Å²) in [6.07, 6.45) is 0. The van der Waals surface area contributed by atoms with E-state index in [2.05, 4.69) is 10.6 Å². The largest absolute Gasteiger partial charge is 0.347 e. The van der Waals surface area contributed by atoms with Crippen LogP contribution in [0.2, 0.25) is 0 Å². The number of hydrogen-bond acceptors (Lipinski definition) is 2. The van der Waals surface area contributed by atoms with Crippen molar-refractivity contribution in [2.75, 3.05) is 0 Å². The van der Waals surface area contributed by atoms with Crippen molar-refractivity contribution in [1.29, 1.82) is 0 Å². The Morgan fingerprint density at radius 1 is 0.583 bits per heavy atom. The van der Waals surface area contributed by atoms with E-state index in [-0.39, 0.29) is 22.9 Å². The molecule has 4 heteroatoms. The zero-order chi connectivity index (χ0) is 19.0. The van der Waals surface area contributed by atoms with Crippen molar-refractivity contribution < 1.29 is 9.59 Å². The van der Waals surface area contributed by atoms with Crippen LogP contribution in [0.5, 0.6) is 0 Å². The van der Waals surface area contributed by atoms with E-state index in [1.165, 1.54) is 0 Å². The highest BCUT2D eigenvalue weighted by molar-refractivity contribution is 6.03. The highest BCUT2D eigenvalue weighted by Gasteiger charge is 2.26. The Balaban J connectivity index is 3.46. The summed E-state index contributed by atoms with van der Waals surface area (Å²) in [5, 5.41) is 6.04. The molecule has 1 rings (SSSR count). The van der Waals surface area contributed by atoms with Gasteiger partial charge in [-0.1, -0.05) is 0 Å². The van der Waals surface area contributed by atoms with Gasteiger partial charge in [0.1, 0.15) is 0 Å². The van der Waals surface area contributed by atoms with Crippen LogP contribution in [-0.2, 0) is 0 Å². The van der Waals surface area contributed by atoms with Crippen LogP contribution in [0.1, 0.15) is 84.5 Å². The standard InChI is InChI=1S/C20H32N2O2/c1-11-12(2)16(18(24)22-20(8,9)10)14(4)13(3)15(11)17(23)21-19(5,6)7/h1-10H3,(H,21,23)(H,22,24). The Morgan fingerprint density at radius 3 is 0.958 bits per heavy atom. The average Bonchev–Trinajstić information content (AvgIpc) is 2.32. The maximum absolute atomic E-state index is 12.7. The maximum Gasteiger partial charge on any atom is 0.252 e. The third-order valence-corrected chi connectivity index (χ3v) is 4.06. The highest BCUT2D eigenvalue weighted by atomic mass is 16.2. The first-order valence-corrected chi connectivity index (χ1v) is 8.41. The lowest BCUT2D eigenvalue weighted by atomic mass is 9.87. The SMILES string of the molecule is Cc1c(C)c(C(=O)NC(C)(C)C)c(C)c(C)c1C(=O)NC(C)(C)C. The third kappa shape index (κ3) is 4.59. The number of amides is 2. The molecule has 0 aliphatic rings. The van der Waals surface area contributed by atoms with Crippen LogP contribution in [0.4, 0.5) is 0 Å². The first-order chi connectivity index (χ1) is 10.7. The molecule has 2 amide bonds. The Labute approximate surface area is 146 Å². The molecule has 4 nitrogen and oxygen atoms in total. The monoisotopic (exact) mass is 332 g/mol. The van der Waals surface area contributed by atoms with Gasteiger partial charge in [-0.25, -0.2) is 0 Å². The van der Waals surface area contributed by atoms with Crippen LogP contribution in [0.3, 0.4) is 0 Å². The summed E-state index contributed by atoms with van der Waals surface area (Å²) in [4.78, 5) is 25.4. The normalized spacial score (nSPS) is 12.1. The van der Waals surface area contributed by atoms with Crippen molar-refractivity contribution in [3.63, 3.8) is 0 Å². The Bertz CT molecular complexity index is 586. The predicted molar refractivity (Wildman–Crippen MR) is 99.8 cm³/mol. The van der Waals surface area contributed by atoms with Crippen molar-refractivity contribution in [3.8, 4) is 0 Å². The van der Waals surface area contributed by atoms with Crippen LogP contribution in [0, 0.1) is 27.7 Å². The molecule has 0 unspecified atom stereocenters. The van der Waals surface area contributed by atoms with Crippen LogP contribution >= 0.6 is 0 Å². The smallest absolute Gasteiger partial charge is 0.252 e. The molecule has 0 aliphatic carbocycles. The summed E-state index contributed by atoms with van der Waals surface area (Å²) in [7, 11) is 0. The summed E-state index contributed by atoms with van der Waals surface area (Å²) in [6, 6.07) is 0. The van der Waals surface area contributed by atoms with Gasteiger partial charge in [0.2, 0.25) is 0 Å². The Morgan fingerprint density at radius 2 is 0.792 bits per heavy atom. The lowest BCUT2D eigenvalue weighted by Crippen LogP contribution is -2.42. The van der Waals surface area contributed by atoms with E-state index in [9.17, 15) is 9.59 Å². The molecule has 1 aromatic carbocycles. The third-order valence-electron chi connectivity index (χ3n) is 4.06. The van der Waals surface area contributed by atoms with Gasteiger partial charge in [-0.2, -0.15) is 0 Å². The molecular formula is C20H32N2O2. The lowest BCUT2D eigenvalue weighted by Gasteiger charge is -2.26. The molecule has 0 heterocycles. The fraction of sp³-hybridized carbons (Fsp3) is 0.600. The first kappa shape index (κ1) is 20.2. The molecule has 24 heavy (non-hydrogen) atoms. The van der Waals surface area contributed by atoms with Gasteiger partial charge in [0, 0.05) is 22.2 Å². The van der Waals surface area contributed by atoms with Crippen LogP contribution in [-0.4, -0.2) is 22.9 Å². The van der Waals surface area contributed by atoms with Gasteiger partial charge >= 0.3 is 0 Å². The molecule has 0 fully saturated rings. The number of rotatable bonds is 2. The fourth-order valence-electron chi connectivity index (χ4n) is 2.80. The van der Waals surface area contributed by atoms with E-state index < -0.39 is 0 Å². The minimum Gasteiger partial charge on any atom is -0.347 e. The minimum absolute atomic E-state index is 0.0912. The zero-order valence-electron chi connectivity index (χ0n) is 16.8. The summed E-state index contributed by atoms with van der Waals surface area (Å²) in [5.41, 5.74) is 4.18. The fourth-order valence-corrected chi connectivity index (χ4v) is 2.80. The summed E-state index contributed by atoms with van der Waals surface area (Å²) < 4.78 is 0. The van der Waals surface area contributed by atoms with Gasteiger partial charge in [-0.3, -0.25) is 9.59 Å². The van der Waals surface area contributed by atoms with Gasteiger partial charge in [-0.15, -0.1) is 0 Å². The van der Waals surface area contributed by atoms with E-state index in [4.69, 9.17) is 0 Å². The highest BCUT2D eigenvalue weighted by Crippen LogP contribution is 2.27. The minimum atomic E-state index is -0.306. The van der Waals surface area contributed by atoms with E-state index in [0.717, 1.165) is 22.3 Å². The zero-order valence-corrected chi connectivity index (χ0v) is 16.8. The molecule has 0 aromatic heterocycles. The number of nitrogens with one attached hydrogen (secondary N) is 2. The molecule has 1 aromatic rings. The Kier molecular flexibility index (Phi) is 5.54. The van der Waals surface area contributed by atoms with Gasteiger partial charge in [-0.05, 0) is 91.5 Å². The molecule has 0 aliphatic heterocycles. The van der Waals surface area contributed by atoms with Crippen LogP contribution in [0.25, 0.3) is 0 Å². The predicted octanol–water partition coefficient (Wildman–Crippen LogP) is 3.98.